The molecule has 0 fully saturated rings. The van der Waals surface area contributed by atoms with Crippen LogP contribution in [0.25, 0.3) is 55.2 Å². The van der Waals surface area contributed by atoms with Crippen LogP contribution in [-0.2, 0) is 0 Å². The summed E-state index contributed by atoms with van der Waals surface area (Å²) in [4.78, 5) is 17.7. The van der Waals surface area contributed by atoms with Crippen LogP contribution in [0.2, 0.25) is 0 Å². The second-order valence-corrected chi connectivity index (χ2v) is 9.79. The third-order valence-electron chi connectivity index (χ3n) is 6.03. The number of halogens is 1. The van der Waals surface area contributed by atoms with Gasteiger partial charge in [-0.1, -0.05) is 32.0 Å². The highest BCUT2D eigenvalue weighted by molar-refractivity contribution is 7.13. The molecule has 1 atom stereocenters. The van der Waals surface area contributed by atoms with E-state index in [4.69, 9.17) is 4.98 Å². The van der Waals surface area contributed by atoms with Crippen molar-refractivity contribution in [3.05, 3.63) is 66.2 Å². The first-order valence-corrected chi connectivity index (χ1v) is 12.3. The van der Waals surface area contributed by atoms with Crippen LogP contribution in [0, 0.1) is 11.7 Å². The number of hydrogen-bond donors (Lipinski definition) is 4. The van der Waals surface area contributed by atoms with Gasteiger partial charge in [0.1, 0.15) is 17.6 Å². The SMILES string of the molecule is CC(C)C(O)Nc1cncc(-c2ncc3[nH]nc(-c4nc5c(-c6cccs6)cccc5[nH]4)c3c2F)c1. The van der Waals surface area contributed by atoms with Crippen LogP contribution in [0.15, 0.2) is 60.4 Å². The van der Waals surface area contributed by atoms with E-state index < -0.39 is 12.0 Å². The summed E-state index contributed by atoms with van der Waals surface area (Å²) in [7, 11) is 0. The highest BCUT2D eigenvalue weighted by atomic mass is 32.1. The highest BCUT2D eigenvalue weighted by Gasteiger charge is 2.21. The number of anilines is 1. The zero-order valence-electron chi connectivity index (χ0n) is 19.5. The summed E-state index contributed by atoms with van der Waals surface area (Å²) in [5.74, 6) is -0.0686. The van der Waals surface area contributed by atoms with Gasteiger partial charge in [-0.05, 0) is 29.5 Å². The number of fused-ring (bicyclic) bond motifs is 2. The van der Waals surface area contributed by atoms with Gasteiger partial charge in [0.05, 0.1) is 40.0 Å². The van der Waals surface area contributed by atoms with Crippen LogP contribution < -0.4 is 5.32 Å². The summed E-state index contributed by atoms with van der Waals surface area (Å²) in [5, 5.41) is 22.7. The molecule has 6 aromatic rings. The van der Waals surface area contributed by atoms with E-state index in [9.17, 15) is 5.11 Å². The molecule has 1 unspecified atom stereocenters. The summed E-state index contributed by atoms with van der Waals surface area (Å²) in [6.07, 6.45) is 3.91. The number of thiophene rings is 1. The topological polar surface area (TPSA) is 115 Å². The number of aromatic amines is 2. The molecule has 0 aliphatic carbocycles. The van der Waals surface area contributed by atoms with E-state index in [0.29, 0.717) is 28.3 Å². The lowest BCUT2D eigenvalue weighted by Crippen LogP contribution is -2.24. The number of hydrogen-bond acceptors (Lipinski definition) is 7. The standard InChI is InChI=1S/C26H22FN7OS/c1-13(2)26(35)30-15-9-14(10-28-11-15)22-21(27)20-18(12-29-22)33-34-24(20)25-31-17-6-3-5-16(23(17)32-25)19-7-4-8-36-19/h3-13,26,30,35H,1-2H3,(H,31,32)(H,33,34). The quantitative estimate of drug-likeness (QED) is 0.215. The third kappa shape index (κ3) is 3.80. The van der Waals surface area contributed by atoms with Gasteiger partial charge in [0, 0.05) is 22.2 Å². The van der Waals surface area contributed by atoms with Gasteiger partial charge >= 0.3 is 0 Å². The monoisotopic (exact) mass is 499 g/mol. The largest absolute Gasteiger partial charge is 0.374 e. The number of pyridine rings is 2. The summed E-state index contributed by atoms with van der Waals surface area (Å²) in [6, 6.07) is 11.7. The summed E-state index contributed by atoms with van der Waals surface area (Å²) in [5.41, 5.74) is 4.66. The van der Waals surface area contributed by atoms with Crippen molar-refractivity contribution in [2.24, 2.45) is 5.92 Å². The summed E-state index contributed by atoms with van der Waals surface area (Å²) in [6.45, 7) is 3.79. The first-order valence-electron chi connectivity index (χ1n) is 11.4. The van der Waals surface area contributed by atoms with Crippen LogP contribution >= 0.6 is 11.3 Å². The molecule has 0 radical (unpaired) electrons. The van der Waals surface area contributed by atoms with Crippen molar-refractivity contribution in [3.63, 3.8) is 0 Å². The predicted octanol–water partition coefficient (Wildman–Crippen LogP) is 5.82. The van der Waals surface area contributed by atoms with Crippen molar-refractivity contribution in [2.45, 2.75) is 20.1 Å². The maximum atomic E-state index is 16.0. The minimum Gasteiger partial charge on any atom is -0.374 e. The van der Waals surface area contributed by atoms with Crippen LogP contribution in [0.5, 0.6) is 0 Å². The van der Waals surface area contributed by atoms with Crippen molar-refractivity contribution in [1.82, 2.24) is 30.1 Å². The zero-order chi connectivity index (χ0) is 24.8. The van der Waals surface area contributed by atoms with E-state index in [-0.39, 0.29) is 17.0 Å². The van der Waals surface area contributed by atoms with E-state index >= 15 is 4.39 Å². The number of imidazole rings is 1. The van der Waals surface area contributed by atoms with Crippen molar-refractivity contribution in [3.8, 4) is 33.2 Å². The van der Waals surface area contributed by atoms with Crippen LogP contribution in [0.3, 0.4) is 0 Å². The molecular formula is C26H22FN7OS. The average Bonchev–Trinajstić information content (AvgIpc) is 3.63. The van der Waals surface area contributed by atoms with Gasteiger partial charge in [-0.25, -0.2) is 9.37 Å². The third-order valence-corrected chi connectivity index (χ3v) is 6.93. The average molecular weight is 500 g/mol. The molecular weight excluding hydrogens is 477 g/mol. The van der Waals surface area contributed by atoms with Crippen molar-refractivity contribution in [2.75, 3.05) is 5.32 Å². The number of benzene rings is 1. The Morgan fingerprint density at radius 2 is 1.94 bits per heavy atom. The van der Waals surface area contributed by atoms with Gasteiger partial charge in [-0.3, -0.25) is 15.1 Å². The van der Waals surface area contributed by atoms with Crippen LogP contribution in [0.4, 0.5) is 10.1 Å². The molecule has 0 amide bonds. The Morgan fingerprint density at radius 1 is 1.06 bits per heavy atom. The van der Waals surface area contributed by atoms with Gasteiger partial charge in [0.25, 0.3) is 0 Å². The molecule has 0 aliphatic heterocycles. The fourth-order valence-electron chi connectivity index (χ4n) is 4.11. The van der Waals surface area contributed by atoms with E-state index in [1.165, 1.54) is 0 Å². The number of nitrogens with one attached hydrogen (secondary N) is 3. The Hall–Kier alpha value is -4.15. The van der Waals surface area contributed by atoms with Crippen molar-refractivity contribution in [1.29, 1.82) is 0 Å². The minimum absolute atomic E-state index is 0.00232. The minimum atomic E-state index is -0.755. The van der Waals surface area contributed by atoms with Crippen molar-refractivity contribution >= 4 is 39.0 Å². The molecule has 5 aromatic heterocycles. The molecule has 36 heavy (non-hydrogen) atoms. The number of rotatable bonds is 6. The molecule has 6 rings (SSSR count). The first-order chi connectivity index (χ1) is 17.5. The van der Waals surface area contributed by atoms with Gasteiger partial charge < -0.3 is 15.4 Å². The van der Waals surface area contributed by atoms with Crippen molar-refractivity contribution < 1.29 is 9.50 Å². The zero-order valence-corrected chi connectivity index (χ0v) is 20.3. The smallest absolute Gasteiger partial charge is 0.161 e. The van der Waals surface area contributed by atoms with Crippen LogP contribution in [-0.4, -0.2) is 41.5 Å². The number of aliphatic hydroxyl groups is 1. The Balaban J connectivity index is 1.45. The number of para-hydroxylation sites is 1. The van der Waals surface area contributed by atoms with E-state index in [0.717, 1.165) is 21.5 Å². The second kappa shape index (κ2) is 8.81. The number of aliphatic hydroxyl groups excluding tert-OH is 1. The molecule has 10 heteroatoms. The fourth-order valence-corrected chi connectivity index (χ4v) is 4.86. The molecule has 1 aromatic carbocycles. The second-order valence-electron chi connectivity index (χ2n) is 8.84. The van der Waals surface area contributed by atoms with E-state index in [2.05, 4.69) is 30.5 Å². The molecule has 0 aliphatic rings. The lowest BCUT2D eigenvalue weighted by atomic mass is 10.1. The number of H-pyrrole nitrogens is 2. The molecule has 8 nitrogen and oxygen atoms in total. The Bertz CT molecular complexity index is 1690. The van der Waals surface area contributed by atoms with Gasteiger partial charge in [-0.15, -0.1) is 11.3 Å². The molecule has 4 N–H and O–H groups in total. The molecule has 180 valence electrons. The summed E-state index contributed by atoms with van der Waals surface area (Å²) >= 11 is 1.64. The maximum Gasteiger partial charge on any atom is 0.161 e. The maximum absolute atomic E-state index is 16.0. The normalized spacial score (nSPS) is 12.6. The number of aromatic nitrogens is 6. The van der Waals surface area contributed by atoms with Crippen LogP contribution in [0.1, 0.15) is 13.8 Å². The van der Waals surface area contributed by atoms with E-state index in [1.807, 2.05) is 49.6 Å². The van der Waals surface area contributed by atoms with Gasteiger partial charge in [-0.2, -0.15) is 5.10 Å². The highest BCUT2D eigenvalue weighted by Crippen LogP contribution is 2.35. The molecule has 0 bridgehead atoms. The molecule has 0 saturated carbocycles. The fraction of sp³-hybridized carbons (Fsp3) is 0.154. The van der Waals surface area contributed by atoms with Gasteiger partial charge in [0.2, 0.25) is 0 Å². The molecule has 0 spiro atoms. The molecule has 0 saturated heterocycles. The predicted molar refractivity (Wildman–Crippen MR) is 140 cm³/mol. The van der Waals surface area contributed by atoms with E-state index in [1.54, 1.807) is 36.0 Å². The lowest BCUT2D eigenvalue weighted by molar-refractivity contribution is 0.153. The molecule has 5 heterocycles. The summed E-state index contributed by atoms with van der Waals surface area (Å²) < 4.78 is 16.0. The first kappa shape index (κ1) is 22.3. The Morgan fingerprint density at radius 3 is 2.75 bits per heavy atom. The Labute approximate surface area is 209 Å². The van der Waals surface area contributed by atoms with Gasteiger partial charge in [0.15, 0.2) is 11.6 Å². The Kier molecular flexibility index (Phi) is 5.46. The number of nitrogens with zero attached hydrogens (tertiary/aromatic N) is 4. The lowest BCUT2D eigenvalue weighted by Gasteiger charge is -2.17.